The van der Waals surface area contributed by atoms with Crippen LogP contribution in [0.3, 0.4) is 0 Å². The van der Waals surface area contributed by atoms with Crippen LogP contribution in [-0.4, -0.2) is 10.8 Å². The molecule has 1 aromatic heterocycles. The van der Waals surface area contributed by atoms with E-state index >= 15 is 0 Å². The topological polar surface area (TPSA) is 39.2 Å². The van der Waals surface area contributed by atoms with Gasteiger partial charge in [0.15, 0.2) is 5.78 Å². The average Bonchev–Trinajstić information content (AvgIpc) is 2.66. The first-order chi connectivity index (χ1) is 11.8. The molecule has 118 valence electrons. The van der Waals surface area contributed by atoms with Gasteiger partial charge >= 0.3 is 0 Å². The number of hydrogen-bond acceptors (Lipinski definition) is 3. The second-order valence-corrected chi connectivity index (χ2v) is 5.25. The molecule has 0 bridgehead atoms. The molecular formula is C21H17NO2. The lowest BCUT2D eigenvalue weighted by atomic mass is 10.1. The van der Waals surface area contributed by atoms with Crippen LogP contribution in [0.1, 0.15) is 21.5 Å². The maximum atomic E-state index is 12.1. The molecule has 3 rings (SSSR count). The fourth-order valence-corrected chi connectivity index (χ4v) is 2.26. The van der Waals surface area contributed by atoms with E-state index in [1.54, 1.807) is 36.7 Å². The van der Waals surface area contributed by atoms with Crippen molar-refractivity contribution in [2.75, 3.05) is 0 Å². The molecule has 0 amide bonds. The van der Waals surface area contributed by atoms with Crippen LogP contribution in [0, 0.1) is 0 Å². The molecule has 3 heteroatoms. The van der Waals surface area contributed by atoms with Gasteiger partial charge in [-0.25, -0.2) is 0 Å². The van der Waals surface area contributed by atoms with Gasteiger partial charge in [-0.3, -0.25) is 9.78 Å². The van der Waals surface area contributed by atoms with E-state index in [2.05, 4.69) is 4.98 Å². The van der Waals surface area contributed by atoms with E-state index in [4.69, 9.17) is 4.74 Å². The van der Waals surface area contributed by atoms with E-state index in [0.717, 1.165) is 16.9 Å². The number of ether oxygens (including phenoxy) is 1. The zero-order chi connectivity index (χ0) is 16.6. The molecule has 0 atom stereocenters. The average molecular weight is 315 g/mol. The summed E-state index contributed by atoms with van der Waals surface area (Å²) in [6.45, 7) is 0.488. The number of rotatable bonds is 6. The molecule has 3 aromatic rings. The van der Waals surface area contributed by atoms with Crippen molar-refractivity contribution in [2.24, 2.45) is 0 Å². The van der Waals surface area contributed by atoms with Crippen molar-refractivity contribution in [1.29, 1.82) is 0 Å². The molecule has 0 aliphatic heterocycles. The molecule has 0 aliphatic rings. The van der Waals surface area contributed by atoms with E-state index in [9.17, 15) is 4.79 Å². The molecular weight excluding hydrogens is 298 g/mol. The fourth-order valence-electron chi connectivity index (χ4n) is 2.26. The number of benzene rings is 2. The number of hydrogen-bond donors (Lipinski definition) is 0. The summed E-state index contributed by atoms with van der Waals surface area (Å²) in [4.78, 5) is 16.1. The lowest BCUT2D eigenvalue weighted by Gasteiger charge is -2.09. The number of allylic oxidation sites excluding steroid dienone is 1. The van der Waals surface area contributed by atoms with Crippen molar-refractivity contribution in [3.05, 3.63) is 102 Å². The Morgan fingerprint density at radius 1 is 0.958 bits per heavy atom. The summed E-state index contributed by atoms with van der Waals surface area (Å²) in [6.07, 6.45) is 6.52. The third-order valence-electron chi connectivity index (χ3n) is 3.52. The summed E-state index contributed by atoms with van der Waals surface area (Å²) in [5, 5.41) is 0. The standard InChI is InChI=1S/C21H17NO2/c23-20(19-10-6-14-22-15-19)13-12-18-9-4-5-11-21(18)24-16-17-7-2-1-3-8-17/h1-15H,16H2/b13-12+. The molecule has 0 radical (unpaired) electrons. The minimum Gasteiger partial charge on any atom is -0.488 e. The largest absolute Gasteiger partial charge is 0.488 e. The van der Waals surface area contributed by atoms with Gasteiger partial charge in [0.1, 0.15) is 12.4 Å². The molecule has 0 unspecified atom stereocenters. The summed E-state index contributed by atoms with van der Waals surface area (Å²) in [6, 6.07) is 21.1. The van der Waals surface area contributed by atoms with Crippen LogP contribution >= 0.6 is 0 Å². The molecule has 3 nitrogen and oxygen atoms in total. The Kier molecular flexibility index (Phi) is 5.15. The Morgan fingerprint density at radius 3 is 2.54 bits per heavy atom. The van der Waals surface area contributed by atoms with Gasteiger partial charge in [0.25, 0.3) is 0 Å². The summed E-state index contributed by atoms with van der Waals surface area (Å²) >= 11 is 0. The van der Waals surface area contributed by atoms with Gasteiger partial charge in [0.2, 0.25) is 0 Å². The summed E-state index contributed by atoms with van der Waals surface area (Å²) in [7, 11) is 0. The van der Waals surface area contributed by atoms with Crippen LogP contribution in [0.15, 0.2) is 85.2 Å². The van der Waals surface area contributed by atoms with Crippen molar-refractivity contribution < 1.29 is 9.53 Å². The van der Waals surface area contributed by atoms with Gasteiger partial charge in [-0.1, -0.05) is 48.5 Å². The normalized spacial score (nSPS) is 10.7. The van der Waals surface area contributed by atoms with Crippen LogP contribution in [-0.2, 0) is 6.61 Å². The first-order valence-corrected chi connectivity index (χ1v) is 7.71. The third-order valence-corrected chi connectivity index (χ3v) is 3.52. The van der Waals surface area contributed by atoms with E-state index in [1.165, 1.54) is 0 Å². The molecule has 0 aliphatic carbocycles. The number of pyridine rings is 1. The zero-order valence-corrected chi connectivity index (χ0v) is 13.1. The highest BCUT2D eigenvalue weighted by atomic mass is 16.5. The monoisotopic (exact) mass is 315 g/mol. The van der Waals surface area contributed by atoms with Crippen molar-refractivity contribution in [3.63, 3.8) is 0 Å². The highest BCUT2D eigenvalue weighted by Crippen LogP contribution is 2.21. The van der Waals surface area contributed by atoms with Crippen LogP contribution in [0.25, 0.3) is 6.08 Å². The van der Waals surface area contributed by atoms with Gasteiger partial charge in [0.05, 0.1) is 0 Å². The Hall–Kier alpha value is -3.20. The number of para-hydroxylation sites is 1. The van der Waals surface area contributed by atoms with E-state index < -0.39 is 0 Å². The molecule has 0 saturated carbocycles. The number of nitrogens with zero attached hydrogens (tertiary/aromatic N) is 1. The van der Waals surface area contributed by atoms with Crippen molar-refractivity contribution >= 4 is 11.9 Å². The Balaban J connectivity index is 1.72. The number of aromatic nitrogens is 1. The van der Waals surface area contributed by atoms with Gasteiger partial charge in [-0.2, -0.15) is 0 Å². The summed E-state index contributed by atoms with van der Waals surface area (Å²) in [5.74, 6) is 0.664. The Bertz CT molecular complexity index is 827. The molecule has 0 N–H and O–H groups in total. The maximum absolute atomic E-state index is 12.1. The van der Waals surface area contributed by atoms with Crippen molar-refractivity contribution in [3.8, 4) is 5.75 Å². The minimum absolute atomic E-state index is 0.0824. The van der Waals surface area contributed by atoms with Gasteiger partial charge in [-0.05, 0) is 35.9 Å². The number of ketones is 1. The smallest absolute Gasteiger partial charge is 0.187 e. The zero-order valence-electron chi connectivity index (χ0n) is 13.1. The molecule has 1 heterocycles. The first kappa shape index (κ1) is 15.7. The van der Waals surface area contributed by atoms with Crippen LogP contribution in [0.4, 0.5) is 0 Å². The highest BCUT2D eigenvalue weighted by molar-refractivity contribution is 6.06. The number of carbonyl (C=O) groups excluding carboxylic acids is 1. The van der Waals surface area contributed by atoms with Crippen molar-refractivity contribution in [2.45, 2.75) is 6.61 Å². The predicted molar refractivity (Wildman–Crippen MR) is 94.8 cm³/mol. The quantitative estimate of drug-likeness (QED) is 0.494. The molecule has 24 heavy (non-hydrogen) atoms. The first-order valence-electron chi connectivity index (χ1n) is 7.71. The van der Waals surface area contributed by atoms with Gasteiger partial charge in [-0.15, -0.1) is 0 Å². The fraction of sp³-hybridized carbons (Fsp3) is 0.0476. The maximum Gasteiger partial charge on any atom is 0.187 e. The predicted octanol–water partition coefficient (Wildman–Crippen LogP) is 4.56. The molecule has 0 saturated heterocycles. The molecule has 2 aromatic carbocycles. The van der Waals surface area contributed by atoms with E-state index in [0.29, 0.717) is 12.2 Å². The minimum atomic E-state index is -0.0824. The SMILES string of the molecule is O=C(/C=C/c1ccccc1OCc1ccccc1)c1cccnc1. The van der Waals surface area contributed by atoms with Crippen LogP contribution < -0.4 is 4.74 Å². The Morgan fingerprint density at radius 2 is 1.75 bits per heavy atom. The molecule has 0 spiro atoms. The van der Waals surface area contributed by atoms with Gasteiger partial charge in [0, 0.05) is 23.5 Å². The van der Waals surface area contributed by atoms with Gasteiger partial charge < -0.3 is 4.74 Å². The Labute approximate surface area is 141 Å². The highest BCUT2D eigenvalue weighted by Gasteiger charge is 2.03. The second-order valence-electron chi connectivity index (χ2n) is 5.25. The lowest BCUT2D eigenvalue weighted by molar-refractivity contribution is 0.104. The second kappa shape index (κ2) is 7.88. The summed E-state index contributed by atoms with van der Waals surface area (Å²) < 4.78 is 5.89. The lowest BCUT2D eigenvalue weighted by Crippen LogP contribution is -1.97. The molecule has 0 fully saturated rings. The third kappa shape index (κ3) is 4.17. The van der Waals surface area contributed by atoms with E-state index in [1.807, 2.05) is 54.6 Å². The van der Waals surface area contributed by atoms with Crippen molar-refractivity contribution in [1.82, 2.24) is 4.98 Å². The summed E-state index contributed by atoms with van der Waals surface area (Å²) in [5.41, 5.74) is 2.53. The van der Waals surface area contributed by atoms with Crippen LogP contribution in [0.2, 0.25) is 0 Å². The number of carbonyl (C=O) groups is 1. The van der Waals surface area contributed by atoms with Crippen LogP contribution in [0.5, 0.6) is 5.75 Å². The van der Waals surface area contributed by atoms with E-state index in [-0.39, 0.29) is 5.78 Å².